The van der Waals surface area contributed by atoms with Crippen molar-refractivity contribution in [3.63, 3.8) is 0 Å². The minimum Gasteiger partial charge on any atom is -0.496 e. The average Bonchev–Trinajstić information content (AvgIpc) is 2.44. The number of hydrogen-bond acceptors (Lipinski definition) is 6. The monoisotopic (exact) mass is 284 g/mol. The largest absolute Gasteiger partial charge is 0.496 e. The number of carboxylic acid groups (broad SMARTS) is 1. The number of aromatic carboxylic acids is 1. The third kappa shape index (κ3) is 3.25. The number of benzene rings is 1. The van der Waals surface area contributed by atoms with Gasteiger partial charge in [0, 0.05) is 5.56 Å². The molecule has 7 heteroatoms. The molecule has 20 heavy (non-hydrogen) atoms. The van der Waals surface area contributed by atoms with E-state index in [9.17, 15) is 19.8 Å². The highest BCUT2D eigenvalue weighted by Gasteiger charge is 2.31. The van der Waals surface area contributed by atoms with E-state index in [2.05, 4.69) is 4.74 Å². The predicted octanol–water partition coefficient (Wildman–Crippen LogP) is 0.351. The topological polar surface area (TPSA) is 113 Å². The molecule has 3 N–H and O–H groups in total. The van der Waals surface area contributed by atoms with E-state index in [0.717, 1.165) is 0 Å². The van der Waals surface area contributed by atoms with Gasteiger partial charge >= 0.3 is 11.9 Å². The van der Waals surface area contributed by atoms with Gasteiger partial charge in [0.2, 0.25) is 0 Å². The van der Waals surface area contributed by atoms with Gasteiger partial charge in [-0.15, -0.1) is 0 Å². The third-order valence-electron chi connectivity index (χ3n) is 2.64. The summed E-state index contributed by atoms with van der Waals surface area (Å²) in [5, 5.41) is 28.8. The first-order chi connectivity index (χ1) is 9.43. The summed E-state index contributed by atoms with van der Waals surface area (Å²) in [6, 6.07) is 4.14. The molecule has 0 aromatic heterocycles. The summed E-state index contributed by atoms with van der Waals surface area (Å²) in [6.45, 7) is 1.58. The molecule has 0 spiro atoms. The number of methoxy groups -OCH3 is 1. The van der Waals surface area contributed by atoms with Crippen molar-refractivity contribution in [1.29, 1.82) is 0 Å². The maximum Gasteiger partial charge on any atom is 0.339 e. The standard InChI is InChI=1S/C13H16O7/c1-3-20-13(18)11(15)10(14)7-5-4-6-8(19-2)9(7)12(16)17/h4-6,10-11,14-15H,3H2,1-2H3,(H,16,17). The van der Waals surface area contributed by atoms with Gasteiger partial charge in [0.25, 0.3) is 0 Å². The zero-order chi connectivity index (χ0) is 15.3. The second-order valence-corrected chi connectivity index (χ2v) is 3.87. The molecule has 0 aliphatic heterocycles. The van der Waals surface area contributed by atoms with E-state index in [1.807, 2.05) is 0 Å². The van der Waals surface area contributed by atoms with Crippen molar-refractivity contribution >= 4 is 11.9 Å². The number of carboxylic acids is 1. The number of hydrogen-bond donors (Lipinski definition) is 3. The average molecular weight is 284 g/mol. The van der Waals surface area contributed by atoms with Gasteiger partial charge in [0.05, 0.1) is 13.7 Å². The molecule has 0 bridgehead atoms. The Hall–Kier alpha value is -2.12. The molecule has 0 heterocycles. The van der Waals surface area contributed by atoms with Crippen LogP contribution in [0.15, 0.2) is 18.2 Å². The Kier molecular flexibility index (Phi) is 5.48. The van der Waals surface area contributed by atoms with Crippen LogP contribution in [0.1, 0.15) is 28.9 Å². The number of carbonyl (C=O) groups is 2. The van der Waals surface area contributed by atoms with E-state index in [-0.39, 0.29) is 23.5 Å². The van der Waals surface area contributed by atoms with Gasteiger partial charge in [-0.05, 0) is 13.0 Å². The van der Waals surface area contributed by atoms with Gasteiger partial charge in [-0.25, -0.2) is 9.59 Å². The van der Waals surface area contributed by atoms with Gasteiger partial charge in [0.15, 0.2) is 6.10 Å². The molecular weight excluding hydrogens is 268 g/mol. The van der Waals surface area contributed by atoms with E-state index in [1.54, 1.807) is 6.92 Å². The number of aliphatic hydroxyl groups is 2. The van der Waals surface area contributed by atoms with Crippen molar-refractivity contribution in [2.75, 3.05) is 13.7 Å². The Bertz CT molecular complexity index is 497. The zero-order valence-corrected chi connectivity index (χ0v) is 11.1. The van der Waals surface area contributed by atoms with E-state index >= 15 is 0 Å². The maximum absolute atomic E-state index is 11.4. The van der Waals surface area contributed by atoms with E-state index in [4.69, 9.17) is 9.84 Å². The van der Waals surface area contributed by atoms with Crippen molar-refractivity contribution in [3.8, 4) is 5.75 Å². The molecule has 0 saturated carbocycles. The maximum atomic E-state index is 11.4. The van der Waals surface area contributed by atoms with Crippen molar-refractivity contribution < 1.29 is 34.4 Å². The Morgan fingerprint density at radius 1 is 1.30 bits per heavy atom. The molecule has 2 atom stereocenters. The van der Waals surface area contributed by atoms with E-state index in [1.165, 1.54) is 25.3 Å². The van der Waals surface area contributed by atoms with Gasteiger partial charge in [-0.1, -0.05) is 12.1 Å². The first kappa shape index (κ1) is 15.9. The Morgan fingerprint density at radius 2 is 1.95 bits per heavy atom. The van der Waals surface area contributed by atoms with E-state index < -0.39 is 24.1 Å². The molecular formula is C13H16O7. The molecule has 0 fully saturated rings. The minimum atomic E-state index is -1.87. The third-order valence-corrected chi connectivity index (χ3v) is 2.64. The molecule has 0 aliphatic rings. The fourth-order valence-corrected chi connectivity index (χ4v) is 1.72. The molecule has 1 aromatic carbocycles. The van der Waals surface area contributed by atoms with Gasteiger partial charge in [-0.3, -0.25) is 0 Å². The smallest absolute Gasteiger partial charge is 0.339 e. The molecule has 0 saturated heterocycles. The molecule has 0 aliphatic carbocycles. The summed E-state index contributed by atoms with van der Waals surface area (Å²) < 4.78 is 9.47. The number of carbonyl (C=O) groups excluding carboxylic acids is 1. The van der Waals surface area contributed by atoms with Crippen LogP contribution in [0, 0.1) is 0 Å². The molecule has 2 unspecified atom stereocenters. The Balaban J connectivity index is 3.18. The van der Waals surface area contributed by atoms with Gasteiger partial charge < -0.3 is 24.8 Å². The van der Waals surface area contributed by atoms with Crippen LogP contribution >= 0.6 is 0 Å². The molecule has 0 radical (unpaired) electrons. The highest BCUT2D eigenvalue weighted by Crippen LogP contribution is 2.29. The Morgan fingerprint density at radius 3 is 2.45 bits per heavy atom. The summed E-state index contributed by atoms with van der Waals surface area (Å²) in [6.07, 6.45) is -3.60. The molecule has 0 amide bonds. The summed E-state index contributed by atoms with van der Waals surface area (Å²) in [7, 11) is 1.28. The number of esters is 1. The lowest BCUT2D eigenvalue weighted by molar-refractivity contribution is -0.159. The van der Waals surface area contributed by atoms with Crippen LogP contribution in [0.25, 0.3) is 0 Å². The highest BCUT2D eigenvalue weighted by atomic mass is 16.5. The number of aliphatic hydroxyl groups excluding tert-OH is 2. The fraction of sp³-hybridized carbons (Fsp3) is 0.385. The van der Waals surface area contributed by atoms with Gasteiger partial charge in [-0.2, -0.15) is 0 Å². The van der Waals surface area contributed by atoms with Crippen LogP contribution < -0.4 is 4.74 Å². The Labute approximate surface area is 115 Å². The zero-order valence-electron chi connectivity index (χ0n) is 11.1. The van der Waals surface area contributed by atoms with Crippen LogP contribution in [0.5, 0.6) is 5.75 Å². The molecule has 1 rings (SSSR count). The quantitative estimate of drug-likeness (QED) is 0.646. The SMILES string of the molecule is CCOC(=O)C(O)C(O)c1cccc(OC)c1C(=O)O. The molecule has 7 nitrogen and oxygen atoms in total. The summed E-state index contributed by atoms with van der Waals surface area (Å²) in [4.78, 5) is 22.6. The molecule has 1 aromatic rings. The van der Waals surface area contributed by atoms with E-state index in [0.29, 0.717) is 0 Å². The minimum absolute atomic E-state index is 0.0186. The van der Waals surface area contributed by atoms with Crippen LogP contribution in [0.2, 0.25) is 0 Å². The summed E-state index contributed by atoms with van der Waals surface area (Å²) in [5.41, 5.74) is -0.441. The summed E-state index contributed by atoms with van der Waals surface area (Å²) >= 11 is 0. The van der Waals surface area contributed by atoms with Crippen molar-refractivity contribution in [1.82, 2.24) is 0 Å². The van der Waals surface area contributed by atoms with Gasteiger partial charge in [0.1, 0.15) is 17.4 Å². The second kappa shape index (κ2) is 6.88. The first-order valence-corrected chi connectivity index (χ1v) is 5.87. The second-order valence-electron chi connectivity index (χ2n) is 3.87. The van der Waals surface area contributed by atoms with Crippen LogP contribution in [0.4, 0.5) is 0 Å². The lowest BCUT2D eigenvalue weighted by Gasteiger charge is -2.19. The first-order valence-electron chi connectivity index (χ1n) is 5.87. The normalized spacial score (nSPS) is 13.4. The fourth-order valence-electron chi connectivity index (χ4n) is 1.72. The van der Waals surface area contributed by atoms with Crippen LogP contribution in [0.3, 0.4) is 0 Å². The lowest BCUT2D eigenvalue weighted by atomic mass is 9.97. The van der Waals surface area contributed by atoms with Crippen LogP contribution in [-0.4, -0.2) is 47.1 Å². The number of rotatable bonds is 6. The van der Waals surface area contributed by atoms with Crippen molar-refractivity contribution in [3.05, 3.63) is 29.3 Å². The predicted molar refractivity (Wildman–Crippen MR) is 67.6 cm³/mol. The highest BCUT2D eigenvalue weighted by molar-refractivity contribution is 5.93. The van der Waals surface area contributed by atoms with Crippen LogP contribution in [-0.2, 0) is 9.53 Å². The van der Waals surface area contributed by atoms with Crippen molar-refractivity contribution in [2.24, 2.45) is 0 Å². The number of ether oxygens (including phenoxy) is 2. The van der Waals surface area contributed by atoms with Crippen molar-refractivity contribution in [2.45, 2.75) is 19.1 Å². The summed E-state index contributed by atoms with van der Waals surface area (Å²) in [5.74, 6) is -2.35. The lowest BCUT2D eigenvalue weighted by Crippen LogP contribution is -2.31. The molecule has 110 valence electrons.